The summed E-state index contributed by atoms with van der Waals surface area (Å²) < 4.78 is 40.4. The average Bonchev–Trinajstić information content (AvgIpc) is 2.79. The van der Waals surface area contributed by atoms with Crippen LogP contribution in [0.4, 0.5) is 23.8 Å². The summed E-state index contributed by atoms with van der Waals surface area (Å²) in [6.45, 7) is 0.00228. The summed E-state index contributed by atoms with van der Waals surface area (Å²) in [7, 11) is 1.45. The SMILES string of the molecule is CN1CC(O)N(c2cc(C(F)(F)F)c(-c3ccccc3)cn2)C1=O. The van der Waals surface area contributed by atoms with Gasteiger partial charge in [0.1, 0.15) is 5.82 Å². The highest BCUT2D eigenvalue weighted by atomic mass is 19.4. The van der Waals surface area contributed by atoms with Gasteiger partial charge in [-0.15, -0.1) is 0 Å². The molecule has 3 rings (SSSR count). The number of rotatable bonds is 2. The molecule has 2 heterocycles. The summed E-state index contributed by atoms with van der Waals surface area (Å²) in [5.74, 6) is -0.233. The summed E-state index contributed by atoms with van der Waals surface area (Å²) in [4.78, 5) is 18.0. The number of hydrogen-bond acceptors (Lipinski definition) is 3. The Morgan fingerprint density at radius 2 is 1.92 bits per heavy atom. The number of aliphatic hydroxyl groups is 1. The number of alkyl halides is 3. The van der Waals surface area contributed by atoms with Gasteiger partial charge in [0.25, 0.3) is 0 Å². The zero-order valence-electron chi connectivity index (χ0n) is 12.7. The molecule has 126 valence electrons. The maximum absolute atomic E-state index is 13.5. The summed E-state index contributed by atoms with van der Waals surface area (Å²) >= 11 is 0. The number of halogens is 3. The Labute approximate surface area is 135 Å². The fourth-order valence-corrected chi connectivity index (χ4v) is 2.63. The summed E-state index contributed by atoms with van der Waals surface area (Å²) in [5.41, 5.74) is -0.621. The molecule has 1 saturated heterocycles. The van der Waals surface area contributed by atoms with Crippen LogP contribution in [0.5, 0.6) is 0 Å². The van der Waals surface area contributed by atoms with E-state index in [0.29, 0.717) is 5.56 Å². The molecular formula is C16H14F3N3O2. The van der Waals surface area contributed by atoms with Crippen LogP contribution < -0.4 is 4.90 Å². The van der Waals surface area contributed by atoms with Crippen molar-refractivity contribution >= 4 is 11.8 Å². The van der Waals surface area contributed by atoms with Gasteiger partial charge in [-0.3, -0.25) is 0 Å². The lowest BCUT2D eigenvalue weighted by atomic mass is 10.0. The molecule has 1 unspecified atom stereocenters. The fourth-order valence-electron chi connectivity index (χ4n) is 2.63. The third-order valence-corrected chi connectivity index (χ3v) is 3.79. The van der Waals surface area contributed by atoms with E-state index in [4.69, 9.17) is 0 Å². The predicted molar refractivity (Wildman–Crippen MR) is 81.2 cm³/mol. The molecule has 1 aliphatic rings. The highest BCUT2D eigenvalue weighted by molar-refractivity contribution is 5.93. The van der Waals surface area contributed by atoms with E-state index in [1.165, 1.54) is 11.9 Å². The molecule has 0 radical (unpaired) electrons. The van der Waals surface area contributed by atoms with Crippen LogP contribution in [0.25, 0.3) is 11.1 Å². The first-order valence-corrected chi connectivity index (χ1v) is 7.14. The molecule has 1 fully saturated rings. The van der Waals surface area contributed by atoms with E-state index in [-0.39, 0.29) is 17.9 Å². The normalized spacial score (nSPS) is 18.4. The van der Waals surface area contributed by atoms with E-state index in [2.05, 4.69) is 4.98 Å². The van der Waals surface area contributed by atoms with Crippen molar-refractivity contribution in [2.24, 2.45) is 0 Å². The van der Waals surface area contributed by atoms with Gasteiger partial charge in [-0.05, 0) is 11.6 Å². The first kappa shape index (κ1) is 16.3. The van der Waals surface area contributed by atoms with Gasteiger partial charge in [-0.25, -0.2) is 14.7 Å². The second kappa shape index (κ2) is 5.79. The van der Waals surface area contributed by atoms with Gasteiger partial charge in [0, 0.05) is 18.8 Å². The molecule has 1 atom stereocenters. The Morgan fingerprint density at radius 1 is 1.25 bits per heavy atom. The van der Waals surface area contributed by atoms with Gasteiger partial charge >= 0.3 is 12.2 Å². The fraction of sp³-hybridized carbons (Fsp3) is 0.250. The van der Waals surface area contributed by atoms with E-state index in [1.54, 1.807) is 30.3 Å². The largest absolute Gasteiger partial charge is 0.417 e. The molecule has 1 aromatic carbocycles. The van der Waals surface area contributed by atoms with E-state index in [9.17, 15) is 23.1 Å². The number of likely N-dealkylation sites (N-methyl/N-ethyl adjacent to an activating group) is 1. The second-order valence-electron chi connectivity index (χ2n) is 5.47. The standard InChI is InChI=1S/C16H14F3N3O2/c1-21-9-14(23)22(15(21)24)13-7-12(16(17,18)19)11(8-20-13)10-5-3-2-4-6-10/h2-8,14,23H,9H2,1H3. The Morgan fingerprint density at radius 3 is 2.46 bits per heavy atom. The zero-order valence-corrected chi connectivity index (χ0v) is 12.7. The molecule has 0 aliphatic carbocycles. The third kappa shape index (κ3) is 2.80. The molecule has 1 N–H and O–H groups in total. The highest BCUT2D eigenvalue weighted by Gasteiger charge is 2.39. The van der Waals surface area contributed by atoms with Crippen LogP contribution in [-0.2, 0) is 6.18 Å². The number of carbonyl (C=O) groups is 1. The van der Waals surface area contributed by atoms with Crippen molar-refractivity contribution in [3.8, 4) is 11.1 Å². The van der Waals surface area contributed by atoms with Gasteiger partial charge in [0.05, 0.1) is 12.1 Å². The van der Waals surface area contributed by atoms with E-state index in [0.717, 1.165) is 17.2 Å². The zero-order chi connectivity index (χ0) is 17.5. The topological polar surface area (TPSA) is 56.7 Å². The lowest BCUT2D eigenvalue weighted by molar-refractivity contribution is -0.137. The van der Waals surface area contributed by atoms with E-state index < -0.39 is 24.0 Å². The second-order valence-corrected chi connectivity index (χ2v) is 5.47. The number of nitrogens with zero attached hydrogens (tertiary/aromatic N) is 3. The average molecular weight is 337 g/mol. The van der Waals surface area contributed by atoms with Crippen molar-refractivity contribution in [3.05, 3.63) is 48.2 Å². The molecule has 8 heteroatoms. The first-order valence-electron chi connectivity index (χ1n) is 7.14. The van der Waals surface area contributed by atoms with E-state index in [1.807, 2.05) is 0 Å². The minimum Gasteiger partial charge on any atom is -0.371 e. The van der Waals surface area contributed by atoms with Crippen LogP contribution in [-0.4, -0.2) is 40.8 Å². The molecule has 24 heavy (non-hydrogen) atoms. The Hall–Kier alpha value is -2.61. The van der Waals surface area contributed by atoms with Crippen LogP contribution in [0.2, 0.25) is 0 Å². The van der Waals surface area contributed by atoms with Crippen molar-refractivity contribution < 1.29 is 23.1 Å². The third-order valence-electron chi connectivity index (χ3n) is 3.79. The lowest BCUT2D eigenvalue weighted by Crippen LogP contribution is -2.35. The smallest absolute Gasteiger partial charge is 0.371 e. The van der Waals surface area contributed by atoms with Gasteiger partial charge in [-0.2, -0.15) is 13.2 Å². The predicted octanol–water partition coefficient (Wildman–Crippen LogP) is 2.96. The monoisotopic (exact) mass is 337 g/mol. The number of carbonyl (C=O) groups excluding carboxylic acids is 1. The molecule has 0 saturated carbocycles. The van der Waals surface area contributed by atoms with Crippen molar-refractivity contribution in [3.63, 3.8) is 0 Å². The number of aromatic nitrogens is 1. The first-order chi connectivity index (χ1) is 11.3. The van der Waals surface area contributed by atoms with Crippen LogP contribution in [0.1, 0.15) is 5.56 Å². The van der Waals surface area contributed by atoms with Crippen LogP contribution >= 0.6 is 0 Å². The molecule has 2 amide bonds. The van der Waals surface area contributed by atoms with Crippen LogP contribution in [0.3, 0.4) is 0 Å². The molecular weight excluding hydrogens is 323 g/mol. The maximum atomic E-state index is 13.5. The molecule has 5 nitrogen and oxygen atoms in total. The van der Waals surface area contributed by atoms with Crippen molar-refractivity contribution in [2.75, 3.05) is 18.5 Å². The Balaban J connectivity index is 2.11. The Bertz CT molecular complexity index is 765. The number of urea groups is 1. The minimum absolute atomic E-state index is 0.00228. The van der Waals surface area contributed by atoms with Crippen molar-refractivity contribution in [2.45, 2.75) is 12.4 Å². The van der Waals surface area contributed by atoms with Crippen molar-refractivity contribution in [1.29, 1.82) is 0 Å². The quantitative estimate of drug-likeness (QED) is 0.917. The maximum Gasteiger partial charge on any atom is 0.417 e. The number of amides is 2. The summed E-state index contributed by atoms with van der Waals surface area (Å²) in [6.07, 6.45) is -4.78. The minimum atomic E-state index is -4.62. The summed E-state index contributed by atoms with van der Waals surface area (Å²) in [6, 6.07) is 8.26. The number of pyridine rings is 1. The molecule has 0 bridgehead atoms. The van der Waals surface area contributed by atoms with Gasteiger partial charge < -0.3 is 10.0 Å². The van der Waals surface area contributed by atoms with Crippen molar-refractivity contribution in [1.82, 2.24) is 9.88 Å². The Kier molecular flexibility index (Phi) is 3.92. The van der Waals surface area contributed by atoms with Crippen LogP contribution in [0.15, 0.2) is 42.6 Å². The number of benzene rings is 1. The van der Waals surface area contributed by atoms with Gasteiger partial charge in [0.2, 0.25) is 0 Å². The van der Waals surface area contributed by atoms with Gasteiger partial charge in [0.15, 0.2) is 6.23 Å². The van der Waals surface area contributed by atoms with Crippen LogP contribution in [0, 0.1) is 0 Å². The molecule has 1 aliphatic heterocycles. The number of aliphatic hydroxyl groups excluding tert-OH is 1. The number of hydrogen-bond donors (Lipinski definition) is 1. The number of β-amino-alcohol motifs (C(OH)–C–C–N with tert-alkyl or cyclic N) is 1. The molecule has 0 spiro atoms. The summed E-state index contributed by atoms with van der Waals surface area (Å²) in [5, 5.41) is 9.91. The highest BCUT2D eigenvalue weighted by Crippen LogP contribution is 2.39. The lowest BCUT2D eigenvalue weighted by Gasteiger charge is -2.21. The van der Waals surface area contributed by atoms with Gasteiger partial charge in [-0.1, -0.05) is 30.3 Å². The van der Waals surface area contributed by atoms with E-state index >= 15 is 0 Å². The molecule has 2 aromatic rings. The molecule has 1 aromatic heterocycles. The number of anilines is 1.